The van der Waals surface area contributed by atoms with Crippen LogP contribution in [0.5, 0.6) is 0 Å². The SMILES string of the molecule is OC(c1ccccc1)(c1ccccc1)[C@@H]1COC(c2ccccc2)=N1. The van der Waals surface area contributed by atoms with Gasteiger partial charge in [0.25, 0.3) is 0 Å². The number of nitrogens with zero attached hydrogens (tertiary/aromatic N) is 1. The van der Waals surface area contributed by atoms with Gasteiger partial charge in [0, 0.05) is 5.56 Å². The summed E-state index contributed by atoms with van der Waals surface area (Å²) < 4.78 is 5.83. The predicted octanol–water partition coefficient (Wildman–Crippen LogP) is 3.77. The topological polar surface area (TPSA) is 41.8 Å². The molecule has 124 valence electrons. The molecule has 25 heavy (non-hydrogen) atoms. The molecule has 0 fully saturated rings. The van der Waals surface area contributed by atoms with Gasteiger partial charge < -0.3 is 9.84 Å². The van der Waals surface area contributed by atoms with Crippen LogP contribution in [0.15, 0.2) is 96.0 Å². The van der Waals surface area contributed by atoms with Crippen LogP contribution in [-0.2, 0) is 10.3 Å². The van der Waals surface area contributed by atoms with Crippen molar-refractivity contribution in [2.24, 2.45) is 4.99 Å². The van der Waals surface area contributed by atoms with Gasteiger partial charge in [-0.3, -0.25) is 0 Å². The molecule has 3 aromatic rings. The monoisotopic (exact) mass is 329 g/mol. The van der Waals surface area contributed by atoms with E-state index in [1.54, 1.807) is 0 Å². The molecule has 1 N–H and O–H groups in total. The highest BCUT2D eigenvalue weighted by atomic mass is 16.5. The molecule has 3 nitrogen and oxygen atoms in total. The number of aliphatic imine (C=N–C) groups is 1. The van der Waals surface area contributed by atoms with Gasteiger partial charge in [0.1, 0.15) is 18.2 Å². The van der Waals surface area contributed by atoms with Crippen LogP contribution in [0, 0.1) is 0 Å². The van der Waals surface area contributed by atoms with Crippen LogP contribution in [-0.4, -0.2) is 23.7 Å². The number of aliphatic hydroxyl groups is 1. The summed E-state index contributed by atoms with van der Waals surface area (Å²) in [7, 11) is 0. The lowest BCUT2D eigenvalue weighted by Crippen LogP contribution is -2.40. The second kappa shape index (κ2) is 6.54. The summed E-state index contributed by atoms with van der Waals surface area (Å²) in [6.07, 6.45) is 0. The largest absolute Gasteiger partial charge is 0.475 e. The Hall–Kier alpha value is -2.91. The number of hydrogen-bond acceptors (Lipinski definition) is 3. The van der Waals surface area contributed by atoms with Gasteiger partial charge in [-0.25, -0.2) is 4.99 Å². The van der Waals surface area contributed by atoms with Crippen LogP contribution in [0.2, 0.25) is 0 Å². The highest BCUT2D eigenvalue weighted by Gasteiger charge is 2.43. The van der Waals surface area contributed by atoms with Crippen LogP contribution >= 0.6 is 0 Å². The number of rotatable bonds is 4. The van der Waals surface area contributed by atoms with E-state index in [2.05, 4.69) is 0 Å². The Bertz CT molecular complexity index is 821. The lowest BCUT2D eigenvalue weighted by Gasteiger charge is -2.32. The van der Waals surface area contributed by atoms with Crippen LogP contribution in [0.1, 0.15) is 16.7 Å². The zero-order valence-electron chi connectivity index (χ0n) is 13.7. The van der Waals surface area contributed by atoms with Crippen LogP contribution in [0.3, 0.4) is 0 Å². The Balaban J connectivity index is 1.79. The maximum absolute atomic E-state index is 11.7. The molecule has 0 aliphatic carbocycles. The van der Waals surface area contributed by atoms with Crippen molar-refractivity contribution in [2.45, 2.75) is 11.6 Å². The molecule has 0 bridgehead atoms. The third kappa shape index (κ3) is 2.83. The Morgan fingerprint density at radius 3 is 1.76 bits per heavy atom. The summed E-state index contributed by atoms with van der Waals surface area (Å²) in [5, 5.41) is 11.7. The zero-order valence-corrected chi connectivity index (χ0v) is 13.7. The summed E-state index contributed by atoms with van der Waals surface area (Å²) in [5.74, 6) is 0.580. The van der Waals surface area contributed by atoms with Crippen molar-refractivity contribution in [3.05, 3.63) is 108 Å². The smallest absolute Gasteiger partial charge is 0.216 e. The molecule has 0 saturated heterocycles. The minimum absolute atomic E-state index is 0.338. The van der Waals surface area contributed by atoms with Crippen molar-refractivity contribution in [1.29, 1.82) is 0 Å². The van der Waals surface area contributed by atoms with Gasteiger partial charge in [0.15, 0.2) is 0 Å². The maximum atomic E-state index is 11.7. The third-order valence-electron chi connectivity index (χ3n) is 4.58. The van der Waals surface area contributed by atoms with Gasteiger partial charge in [-0.15, -0.1) is 0 Å². The van der Waals surface area contributed by atoms with E-state index in [0.29, 0.717) is 12.5 Å². The van der Waals surface area contributed by atoms with E-state index in [9.17, 15) is 5.11 Å². The first-order valence-electron chi connectivity index (χ1n) is 8.38. The molecular weight excluding hydrogens is 310 g/mol. The van der Waals surface area contributed by atoms with E-state index in [4.69, 9.17) is 9.73 Å². The van der Waals surface area contributed by atoms with E-state index >= 15 is 0 Å². The Labute approximate surface area is 147 Å². The minimum atomic E-state index is -1.24. The summed E-state index contributed by atoms with van der Waals surface area (Å²) in [6, 6.07) is 28.7. The predicted molar refractivity (Wildman–Crippen MR) is 98.6 cm³/mol. The first-order chi connectivity index (χ1) is 12.3. The van der Waals surface area contributed by atoms with Crippen molar-refractivity contribution in [3.63, 3.8) is 0 Å². The van der Waals surface area contributed by atoms with Gasteiger partial charge in [-0.05, 0) is 23.3 Å². The summed E-state index contributed by atoms with van der Waals surface area (Å²) in [6.45, 7) is 0.338. The van der Waals surface area contributed by atoms with Crippen molar-refractivity contribution in [1.82, 2.24) is 0 Å². The Kier molecular flexibility index (Phi) is 4.08. The molecular formula is C22H19NO2. The van der Waals surface area contributed by atoms with Crippen molar-refractivity contribution in [3.8, 4) is 0 Å². The first kappa shape index (κ1) is 15.6. The molecule has 0 amide bonds. The van der Waals surface area contributed by atoms with Gasteiger partial charge in [0.2, 0.25) is 5.90 Å². The van der Waals surface area contributed by atoms with E-state index < -0.39 is 11.6 Å². The summed E-state index contributed by atoms with van der Waals surface area (Å²) in [5.41, 5.74) is 1.31. The zero-order chi connectivity index (χ0) is 17.1. The lowest BCUT2D eigenvalue weighted by molar-refractivity contribution is 0.0430. The summed E-state index contributed by atoms with van der Waals surface area (Å²) >= 11 is 0. The summed E-state index contributed by atoms with van der Waals surface area (Å²) in [4.78, 5) is 4.73. The normalized spacial score (nSPS) is 17.0. The highest BCUT2D eigenvalue weighted by molar-refractivity contribution is 5.95. The Morgan fingerprint density at radius 2 is 1.24 bits per heavy atom. The molecule has 0 unspecified atom stereocenters. The molecule has 0 aromatic heterocycles. The fraction of sp³-hybridized carbons (Fsp3) is 0.136. The van der Waals surface area contributed by atoms with E-state index in [1.165, 1.54) is 0 Å². The fourth-order valence-corrected chi connectivity index (χ4v) is 3.26. The number of ether oxygens (including phenoxy) is 1. The van der Waals surface area contributed by atoms with Crippen LogP contribution in [0.25, 0.3) is 0 Å². The van der Waals surface area contributed by atoms with Crippen molar-refractivity contribution >= 4 is 5.90 Å². The molecule has 0 radical (unpaired) electrons. The highest BCUT2D eigenvalue weighted by Crippen LogP contribution is 2.37. The molecule has 1 aliphatic rings. The fourth-order valence-electron chi connectivity index (χ4n) is 3.26. The van der Waals surface area contributed by atoms with Gasteiger partial charge >= 0.3 is 0 Å². The molecule has 0 saturated carbocycles. The maximum Gasteiger partial charge on any atom is 0.216 e. The molecule has 3 aromatic carbocycles. The average Bonchev–Trinajstić information content (AvgIpc) is 3.20. The molecule has 1 atom stereocenters. The number of benzene rings is 3. The van der Waals surface area contributed by atoms with Crippen LogP contribution in [0.4, 0.5) is 0 Å². The molecule has 1 aliphatic heterocycles. The average molecular weight is 329 g/mol. The molecule has 0 spiro atoms. The van der Waals surface area contributed by atoms with E-state index in [1.807, 2.05) is 91.0 Å². The minimum Gasteiger partial charge on any atom is -0.475 e. The molecule has 4 rings (SSSR count). The van der Waals surface area contributed by atoms with Crippen molar-refractivity contribution < 1.29 is 9.84 Å². The standard InChI is InChI=1S/C22H19NO2/c24-22(18-12-6-2-7-13-18,19-14-8-3-9-15-19)20-16-25-21(23-20)17-10-4-1-5-11-17/h1-15,20,24H,16H2/t20-/m0/s1. The van der Waals surface area contributed by atoms with Crippen molar-refractivity contribution in [2.75, 3.05) is 6.61 Å². The van der Waals surface area contributed by atoms with E-state index in [-0.39, 0.29) is 0 Å². The Morgan fingerprint density at radius 1 is 0.760 bits per heavy atom. The number of hydrogen-bond donors (Lipinski definition) is 1. The van der Waals surface area contributed by atoms with Crippen LogP contribution < -0.4 is 0 Å². The van der Waals surface area contributed by atoms with Gasteiger partial charge in [0.05, 0.1) is 0 Å². The van der Waals surface area contributed by atoms with E-state index in [0.717, 1.165) is 16.7 Å². The first-order valence-corrected chi connectivity index (χ1v) is 8.38. The van der Waals surface area contributed by atoms with Gasteiger partial charge in [-0.1, -0.05) is 78.9 Å². The molecule has 1 heterocycles. The lowest BCUT2D eigenvalue weighted by atomic mass is 9.81. The van der Waals surface area contributed by atoms with Gasteiger partial charge in [-0.2, -0.15) is 0 Å². The quantitative estimate of drug-likeness (QED) is 0.792. The second-order valence-electron chi connectivity index (χ2n) is 6.13. The second-order valence-corrected chi connectivity index (χ2v) is 6.13. The molecule has 3 heteroatoms. The third-order valence-corrected chi connectivity index (χ3v) is 4.58.